The fraction of sp³-hybridized carbons (Fsp3) is 0.353. The molecular formula is C17H20BrN3O. The second kappa shape index (κ2) is 7.11. The molecule has 1 N–H and O–H groups in total. The SMILES string of the molecule is CC(Nc1ccc(Br)cn1)c1ccc(N2CCOCC2)cc1. The van der Waals surface area contributed by atoms with Crippen LogP contribution in [0.2, 0.25) is 0 Å². The number of nitrogens with zero attached hydrogens (tertiary/aromatic N) is 2. The summed E-state index contributed by atoms with van der Waals surface area (Å²) in [4.78, 5) is 6.72. The Kier molecular flexibility index (Phi) is 4.95. The Balaban J connectivity index is 1.65. The van der Waals surface area contributed by atoms with Crippen molar-refractivity contribution in [3.63, 3.8) is 0 Å². The van der Waals surface area contributed by atoms with Gasteiger partial charge in [-0.1, -0.05) is 12.1 Å². The molecule has 4 nitrogen and oxygen atoms in total. The summed E-state index contributed by atoms with van der Waals surface area (Å²) in [6, 6.07) is 12.9. The summed E-state index contributed by atoms with van der Waals surface area (Å²) < 4.78 is 6.38. The van der Waals surface area contributed by atoms with Crippen molar-refractivity contribution >= 4 is 27.4 Å². The van der Waals surface area contributed by atoms with E-state index >= 15 is 0 Å². The molecule has 1 aliphatic heterocycles. The van der Waals surface area contributed by atoms with Crippen LogP contribution in [0.1, 0.15) is 18.5 Å². The Labute approximate surface area is 139 Å². The number of nitrogens with one attached hydrogen (secondary N) is 1. The number of ether oxygens (including phenoxy) is 1. The molecule has 2 aromatic rings. The third kappa shape index (κ3) is 3.78. The minimum atomic E-state index is 0.215. The van der Waals surface area contributed by atoms with Crippen molar-refractivity contribution in [2.75, 3.05) is 36.5 Å². The maximum absolute atomic E-state index is 5.40. The molecule has 5 heteroatoms. The summed E-state index contributed by atoms with van der Waals surface area (Å²) in [6.45, 7) is 5.71. The van der Waals surface area contributed by atoms with Crippen molar-refractivity contribution in [2.45, 2.75) is 13.0 Å². The smallest absolute Gasteiger partial charge is 0.126 e. The molecule has 0 saturated carbocycles. The van der Waals surface area contributed by atoms with Gasteiger partial charge in [0.25, 0.3) is 0 Å². The monoisotopic (exact) mass is 361 g/mol. The predicted octanol–water partition coefficient (Wildman–Crippen LogP) is 3.85. The van der Waals surface area contributed by atoms with Crippen molar-refractivity contribution in [1.82, 2.24) is 4.98 Å². The first-order valence-corrected chi connectivity index (χ1v) is 8.32. The third-order valence-electron chi connectivity index (χ3n) is 3.86. The van der Waals surface area contributed by atoms with E-state index in [-0.39, 0.29) is 6.04 Å². The second-order valence-corrected chi connectivity index (χ2v) is 6.33. The number of hydrogen-bond acceptors (Lipinski definition) is 4. The zero-order valence-corrected chi connectivity index (χ0v) is 14.2. The van der Waals surface area contributed by atoms with E-state index in [1.165, 1.54) is 11.3 Å². The van der Waals surface area contributed by atoms with Gasteiger partial charge in [0.1, 0.15) is 5.82 Å². The zero-order valence-electron chi connectivity index (χ0n) is 12.6. The molecule has 0 amide bonds. The fourth-order valence-electron chi connectivity index (χ4n) is 2.56. The Morgan fingerprint density at radius 2 is 1.86 bits per heavy atom. The molecule has 1 fully saturated rings. The van der Waals surface area contributed by atoms with Crippen LogP contribution in [0.25, 0.3) is 0 Å². The maximum atomic E-state index is 5.40. The number of aromatic nitrogens is 1. The summed E-state index contributed by atoms with van der Waals surface area (Å²) in [5.74, 6) is 0.882. The largest absolute Gasteiger partial charge is 0.378 e. The van der Waals surface area contributed by atoms with Gasteiger partial charge < -0.3 is 15.0 Å². The molecule has 1 aliphatic rings. The van der Waals surface area contributed by atoms with Crippen molar-refractivity contribution in [3.05, 3.63) is 52.6 Å². The average Bonchev–Trinajstić information content (AvgIpc) is 2.58. The van der Waals surface area contributed by atoms with Gasteiger partial charge in [-0.15, -0.1) is 0 Å². The van der Waals surface area contributed by atoms with Crippen LogP contribution in [-0.2, 0) is 4.74 Å². The first kappa shape index (κ1) is 15.3. The summed E-state index contributed by atoms with van der Waals surface area (Å²) in [5.41, 5.74) is 2.52. The van der Waals surface area contributed by atoms with E-state index in [2.05, 4.69) is 62.3 Å². The summed E-state index contributed by atoms with van der Waals surface area (Å²) >= 11 is 3.40. The normalized spacial score (nSPS) is 16.4. The van der Waals surface area contributed by atoms with E-state index in [4.69, 9.17) is 4.74 Å². The highest BCUT2D eigenvalue weighted by atomic mass is 79.9. The van der Waals surface area contributed by atoms with Crippen molar-refractivity contribution in [3.8, 4) is 0 Å². The van der Waals surface area contributed by atoms with Gasteiger partial charge in [-0.25, -0.2) is 4.98 Å². The molecule has 1 unspecified atom stereocenters. The number of hydrogen-bond donors (Lipinski definition) is 1. The third-order valence-corrected chi connectivity index (χ3v) is 4.33. The minimum Gasteiger partial charge on any atom is -0.378 e. The molecule has 0 bridgehead atoms. The van der Waals surface area contributed by atoms with Crippen LogP contribution in [0.5, 0.6) is 0 Å². The second-order valence-electron chi connectivity index (χ2n) is 5.42. The van der Waals surface area contributed by atoms with Gasteiger partial charge in [0, 0.05) is 35.5 Å². The lowest BCUT2D eigenvalue weighted by atomic mass is 10.1. The van der Waals surface area contributed by atoms with Crippen LogP contribution in [0.15, 0.2) is 47.1 Å². The minimum absolute atomic E-state index is 0.215. The molecule has 1 atom stereocenters. The molecule has 1 aromatic carbocycles. The number of rotatable bonds is 4. The average molecular weight is 362 g/mol. The molecule has 1 aromatic heterocycles. The number of halogens is 1. The lowest BCUT2D eigenvalue weighted by molar-refractivity contribution is 0.122. The molecule has 1 saturated heterocycles. The van der Waals surface area contributed by atoms with Crippen LogP contribution in [-0.4, -0.2) is 31.3 Å². The molecule has 2 heterocycles. The van der Waals surface area contributed by atoms with Gasteiger partial charge in [0.2, 0.25) is 0 Å². The molecular weight excluding hydrogens is 342 g/mol. The van der Waals surface area contributed by atoms with Gasteiger partial charge in [-0.2, -0.15) is 0 Å². The Hall–Kier alpha value is -1.59. The number of pyridine rings is 1. The topological polar surface area (TPSA) is 37.4 Å². The molecule has 22 heavy (non-hydrogen) atoms. The highest BCUT2D eigenvalue weighted by Gasteiger charge is 2.12. The first-order valence-electron chi connectivity index (χ1n) is 7.53. The van der Waals surface area contributed by atoms with E-state index in [1.807, 2.05) is 12.1 Å². The fourth-order valence-corrected chi connectivity index (χ4v) is 2.80. The maximum Gasteiger partial charge on any atom is 0.126 e. The van der Waals surface area contributed by atoms with Crippen LogP contribution < -0.4 is 10.2 Å². The standard InChI is InChI=1S/C17H20BrN3O/c1-13(20-17-7-4-15(18)12-19-17)14-2-5-16(6-3-14)21-8-10-22-11-9-21/h2-7,12-13H,8-11H2,1H3,(H,19,20). The predicted molar refractivity (Wildman–Crippen MR) is 93.4 cm³/mol. The van der Waals surface area contributed by atoms with Gasteiger partial charge >= 0.3 is 0 Å². The molecule has 0 aliphatic carbocycles. The Morgan fingerprint density at radius 3 is 2.50 bits per heavy atom. The summed E-state index contributed by atoms with van der Waals surface area (Å²) in [5, 5.41) is 3.42. The van der Waals surface area contributed by atoms with Crippen LogP contribution in [0, 0.1) is 0 Å². The lowest BCUT2D eigenvalue weighted by Crippen LogP contribution is -2.36. The Morgan fingerprint density at radius 1 is 1.14 bits per heavy atom. The van der Waals surface area contributed by atoms with E-state index in [0.717, 1.165) is 36.6 Å². The number of morpholine rings is 1. The van der Waals surface area contributed by atoms with E-state index < -0.39 is 0 Å². The molecule has 0 spiro atoms. The highest BCUT2D eigenvalue weighted by Crippen LogP contribution is 2.22. The van der Waals surface area contributed by atoms with E-state index in [1.54, 1.807) is 6.20 Å². The molecule has 0 radical (unpaired) electrons. The van der Waals surface area contributed by atoms with Gasteiger partial charge in [0.05, 0.1) is 13.2 Å². The van der Waals surface area contributed by atoms with Crippen LogP contribution in [0.3, 0.4) is 0 Å². The van der Waals surface area contributed by atoms with E-state index in [9.17, 15) is 0 Å². The summed E-state index contributed by atoms with van der Waals surface area (Å²) in [7, 11) is 0. The first-order chi connectivity index (χ1) is 10.7. The van der Waals surface area contributed by atoms with Crippen molar-refractivity contribution < 1.29 is 4.74 Å². The van der Waals surface area contributed by atoms with Crippen molar-refractivity contribution in [2.24, 2.45) is 0 Å². The van der Waals surface area contributed by atoms with Crippen molar-refractivity contribution in [1.29, 1.82) is 0 Å². The van der Waals surface area contributed by atoms with Gasteiger partial charge in [0.15, 0.2) is 0 Å². The van der Waals surface area contributed by atoms with Crippen LogP contribution in [0.4, 0.5) is 11.5 Å². The van der Waals surface area contributed by atoms with Crippen LogP contribution >= 0.6 is 15.9 Å². The zero-order chi connectivity index (χ0) is 15.4. The van der Waals surface area contributed by atoms with Gasteiger partial charge in [-0.3, -0.25) is 0 Å². The Bertz CT molecular complexity index is 594. The number of benzene rings is 1. The molecule has 116 valence electrons. The quantitative estimate of drug-likeness (QED) is 0.897. The highest BCUT2D eigenvalue weighted by molar-refractivity contribution is 9.10. The summed E-state index contributed by atoms with van der Waals surface area (Å²) in [6.07, 6.45) is 1.80. The molecule has 3 rings (SSSR count). The lowest BCUT2D eigenvalue weighted by Gasteiger charge is -2.29. The number of anilines is 2. The van der Waals surface area contributed by atoms with E-state index in [0.29, 0.717) is 0 Å². The van der Waals surface area contributed by atoms with Gasteiger partial charge in [-0.05, 0) is 52.7 Å².